The topological polar surface area (TPSA) is 30.0 Å². The van der Waals surface area contributed by atoms with Crippen LogP contribution in [0.1, 0.15) is 21.6 Å². The molecular weight excluding hydrogens is 305 g/mol. The molecule has 0 aliphatic carbocycles. The smallest absolute Gasteiger partial charge is 0.194 e. The van der Waals surface area contributed by atoms with Gasteiger partial charge in [-0.15, -0.1) is 0 Å². The zero-order chi connectivity index (χ0) is 15.0. The standard InChI is InChI=1S/C17H11Cl2NO/c1-10-2-3-11-8-12(4-7-16(11)20-10)17(21)14-9-13(18)5-6-15(14)19/h2-9H,1H3. The van der Waals surface area contributed by atoms with Gasteiger partial charge in [0.05, 0.1) is 10.5 Å². The maximum absolute atomic E-state index is 12.6. The molecule has 0 aliphatic rings. The summed E-state index contributed by atoms with van der Waals surface area (Å²) >= 11 is 12.0. The Labute approximate surface area is 132 Å². The molecule has 0 radical (unpaired) electrons. The molecule has 0 saturated carbocycles. The number of benzene rings is 2. The molecule has 0 unspecified atom stereocenters. The number of hydrogen-bond donors (Lipinski definition) is 0. The second-order valence-corrected chi connectivity index (χ2v) is 5.66. The molecule has 0 N–H and O–H groups in total. The molecule has 0 saturated heterocycles. The van der Waals surface area contributed by atoms with Crippen molar-refractivity contribution in [1.82, 2.24) is 4.98 Å². The number of ketones is 1. The van der Waals surface area contributed by atoms with Crippen molar-refractivity contribution in [3.63, 3.8) is 0 Å². The zero-order valence-corrected chi connectivity index (χ0v) is 12.7. The summed E-state index contributed by atoms with van der Waals surface area (Å²) in [7, 11) is 0. The van der Waals surface area contributed by atoms with E-state index in [1.54, 1.807) is 24.3 Å². The van der Waals surface area contributed by atoms with Gasteiger partial charge in [-0.25, -0.2) is 0 Å². The van der Waals surface area contributed by atoms with Gasteiger partial charge >= 0.3 is 0 Å². The van der Waals surface area contributed by atoms with Gasteiger partial charge in [-0.2, -0.15) is 0 Å². The van der Waals surface area contributed by atoms with Gasteiger partial charge in [-0.05, 0) is 49.4 Å². The lowest BCUT2D eigenvalue weighted by Gasteiger charge is -2.06. The van der Waals surface area contributed by atoms with Crippen LogP contribution in [-0.2, 0) is 0 Å². The first-order chi connectivity index (χ1) is 10.0. The second kappa shape index (κ2) is 5.47. The van der Waals surface area contributed by atoms with Crippen LogP contribution >= 0.6 is 23.2 Å². The predicted octanol–water partition coefficient (Wildman–Crippen LogP) is 5.08. The van der Waals surface area contributed by atoms with Crippen LogP contribution < -0.4 is 0 Å². The second-order valence-electron chi connectivity index (χ2n) is 4.81. The number of aryl methyl sites for hydroxylation is 1. The third-order valence-electron chi connectivity index (χ3n) is 3.26. The van der Waals surface area contributed by atoms with Crippen molar-refractivity contribution in [1.29, 1.82) is 0 Å². The van der Waals surface area contributed by atoms with E-state index in [0.29, 0.717) is 21.2 Å². The zero-order valence-electron chi connectivity index (χ0n) is 11.2. The molecule has 2 nitrogen and oxygen atoms in total. The van der Waals surface area contributed by atoms with E-state index in [9.17, 15) is 4.79 Å². The molecule has 0 spiro atoms. The van der Waals surface area contributed by atoms with E-state index < -0.39 is 0 Å². The molecule has 0 aliphatic heterocycles. The fourth-order valence-corrected chi connectivity index (χ4v) is 2.57. The van der Waals surface area contributed by atoms with Gasteiger partial charge in [-0.1, -0.05) is 29.3 Å². The van der Waals surface area contributed by atoms with E-state index in [4.69, 9.17) is 23.2 Å². The van der Waals surface area contributed by atoms with E-state index >= 15 is 0 Å². The first kappa shape index (κ1) is 14.1. The van der Waals surface area contributed by atoms with E-state index in [-0.39, 0.29) is 5.78 Å². The van der Waals surface area contributed by atoms with Gasteiger partial charge in [-0.3, -0.25) is 9.78 Å². The van der Waals surface area contributed by atoms with Crippen molar-refractivity contribution >= 4 is 39.9 Å². The number of nitrogens with zero attached hydrogens (tertiary/aromatic N) is 1. The Bertz CT molecular complexity index is 859. The van der Waals surface area contributed by atoms with Crippen LogP contribution in [0.4, 0.5) is 0 Å². The van der Waals surface area contributed by atoms with E-state index in [1.165, 1.54) is 0 Å². The van der Waals surface area contributed by atoms with Crippen molar-refractivity contribution in [2.24, 2.45) is 0 Å². The van der Waals surface area contributed by atoms with Crippen LogP contribution in [0.15, 0.2) is 48.5 Å². The minimum Gasteiger partial charge on any atom is -0.289 e. The Balaban J connectivity index is 2.09. The van der Waals surface area contributed by atoms with Crippen LogP contribution in [0.25, 0.3) is 10.9 Å². The van der Waals surface area contributed by atoms with E-state index in [2.05, 4.69) is 4.98 Å². The number of carbonyl (C=O) groups is 1. The third-order valence-corrected chi connectivity index (χ3v) is 3.83. The Morgan fingerprint density at radius 1 is 1.00 bits per heavy atom. The molecule has 0 bridgehead atoms. The number of hydrogen-bond acceptors (Lipinski definition) is 2. The van der Waals surface area contributed by atoms with Crippen LogP contribution in [0.5, 0.6) is 0 Å². The maximum atomic E-state index is 12.6. The lowest BCUT2D eigenvalue weighted by atomic mass is 10.0. The van der Waals surface area contributed by atoms with E-state index in [0.717, 1.165) is 16.6 Å². The Morgan fingerprint density at radius 3 is 2.62 bits per heavy atom. The number of fused-ring (bicyclic) bond motifs is 1. The highest BCUT2D eigenvalue weighted by atomic mass is 35.5. The summed E-state index contributed by atoms with van der Waals surface area (Å²) in [5.74, 6) is -0.148. The van der Waals surface area contributed by atoms with Gasteiger partial charge in [0.1, 0.15) is 0 Å². The minimum atomic E-state index is -0.148. The highest BCUT2D eigenvalue weighted by Gasteiger charge is 2.14. The first-order valence-corrected chi connectivity index (χ1v) is 7.17. The van der Waals surface area contributed by atoms with Crippen molar-refractivity contribution in [2.45, 2.75) is 6.92 Å². The summed E-state index contributed by atoms with van der Waals surface area (Å²) in [5.41, 5.74) is 2.78. The predicted molar refractivity (Wildman–Crippen MR) is 86.4 cm³/mol. The average Bonchev–Trinajstić information content (AvgIpc) is 2.48. The molecule has 3 aromatic rings. The van der Waals surface area contributed by atoms with Crippen molar-refractivity contribution in [2.75, 3.05) is 0 Å². The fourth-order valence-electron chi connectivity index (χ4n) is 2.20. The number of aromatic nitrogens is 1. The van der Waals surface area contributed by atoms with Gasteiger partial charge in [0, 0.05) is 27.2 Å². The van der Waals surface area contributed by atoms with Crippen LogP contribution in [-0.4, -0.2) is 10.8 Å². The molecule has 0 atom stereocenters. The molecule has 4 heteroatoms. The Morgan fingerprint density at radius 2 is 1.81 bits per heavy atom. The molecule has 3 rings (SSSR count). The molecule has 104 valence electrons. The van der Waals surface area contributed by atoms with Gasteiger partial charge in [0.2, 0.25) is 0 Å². The van der Waals surface area contributed by atoms with Crippen molar-refractivity contribution < 1.29 is 4.79 Å². The minimum absolute atomic E-state index is 0.148. The normalized spacial score (nSPS) is 10.8. The summed E-state index contributed by atoms with van der Waals surface area (Å²) < 4.78 is 0. The van der Waals surface area contributed by atoms with Crippen LogP contribution in [0.2, 0.25) is 10.0 Å². The average molecular weight is 316 g/mol. The fraction of sp³-hybridized carbons (Fsp3) is 0.0588. The summed E-state index contributed by atoms with van der Waals surface area (Å²) in [6.45, 7) is 1.93. The van der Waals surface area contributed by atoms with Gasteiger partial charge < -0.3 is 0 Å². The Hall–Kier alpha value is -1.90. The summed E-state index contributed by atoms with van der Waals surface area (Å²) in [4.78, 5) is 17.0. The summed E-state index contributed by atoms with van der Waals surface area (Å²) in [5, 5.41) is 1.80. The highest BCUT2D eigenvalue weighted by molar-refractivity contribution is 6.36. The highest BCUT2D eigenvalue weighted by Crippen LogP contribution is 2.24. The number of pyridine rings is 1. The van der Waals surface area contributed by atoms with Crippen molar-refractivity contribution in [3.8, 4) is 0 Å². The number of halogens is 2. The lowest BCUT2D eigenvalue weighted by Crippen LogP contribution is -2.02. The number of rotatable bonds is 2. The molecule has 21 heavy (non-hydrogen) atoms. The van der Waals surface area contributed by atoms with Gasteiger partial charge in [0.25, 0.3) is 0 Å². The molecule has 2 aromatic carbocycles. The SMILES string of the molecule is Cc1ccc2cc(C(=O)c3cc(Cl)ccc3Cl)ccc2n1. The van der Waals surface area contributed by atoms with Crippen LogP contribution in [0, 0.1) is 6.92 Å². The number of carbonyl (C=O) groups excluding carboxylic acids is 1. The quantitative estimate of drug-likeness (QED) is 0.617. The van der Waals surface area contributed by atoms with Crippen LogP contribution in [0.3, 0.4) is 0 Å². The van der Waals surface area contributed by atoms with Gasteiger partial charge in [0.15, 0.2) is 5.78 Å². The monoisotopic (exact) mass is 315 g/mol. The Kier molecular flexibility index (Phi) is 3.66. The molecule has 0 amide bonds. The lowest BCUT2D eigenvalue weighted by molar-refractivity contribution is 0.103. The first-order valence-electron chi connectivity index (χ1n) is 6.42. The molecule has 1 heterocycles. The molecule has 1 aromatic heterocycles. The third kappa shape index (κ3) is 2.78. The molecule has 0 fully saturated rings. The largest absolute Gasteiger partial charge is 0.289 e. The van der Waals surface area contributed by atoms with E-state index in [1.807, 2.05) is 31.2 Å². The summed E-state index contributed by atoms with van der Waals surface area (Å²) in [6, 6.07) is 14.2. The maximum Gasteiger partial charge on any atom is 0.194 e. The summed E-state index contributed by atoms with van der Waals surface area (Å²) in [6.07, 6.45) is 0. The molecular formula is C17H11Cl2NO. The van der Waals surface area contributed by atoms with Crippen molar-refractivity contribution in [3.05, 3.63) is 75.4 Å².